The van der Waals surface area contributed by atoms with Gasteiger partial charge in [0, 0.05) is 20.1 Å². The molecular formula is C16H24N2O. The molecule has 0 aromatic heterocycles. The Hall–Kier alpha value is -1.35. The van der Waals surface area contributed by atoms with E-state index in [1.54, 1.807) is 0 Å². The van der Waals surface area contributed by atoms with Crippen LogP contribution in [0.4, 0.5) is 0 Å². The Kier molecular flexibility index (Phi) is 4.59. The molecular weight excluding hydrogens is 236 g/mol. The molecule has 19 heavy (non-hydrogen) atoms. The van der Waals surface area contributed by atoms with Crippen molar-refractivity contribution in [1.29, 1.82) is 0 Å². The molecule has 1 saturated heterocycles. The molecule has 1 fully saturated rings. The molecule has 3 nitrogen and oxygen atoms in total. The predicted octanol–water partition coefficient (Wildman–Crippen LogP) is 1.91. The molecule has 0 aliphatic carbocycles. The number of carbonyl (C=O) groups is 1. The summed E-state index contributed by atoms with van der Waals surface area (Å²) in [4.78, 5) is 14.1. The average Bonchev–Trinajstić information content (AvgIpc) is 2.90. The van der Waals surface area contributed by atoms with Gasteiger partial charge in [-0.1, -0.05) is 23.8 Å². The molecule has 2 rings (SSSR count). The molecule has 0 spiro atoms. The van der Waals surface area contributed by atoms with E-state index in [1.807, 2.05) is 11.9 Å². The van der Waals surface area contributed by atoms with Gasteiger partial charge in [-0.15, -0.1) is 0 Å². The van der Waals surface area contributed by atoms with Crippen molar-refractivity contribution in [3.05, 3.63) is 34.9 Å². The highest BCUT2D eigenvalue weighted by atomic mass is 16.2. The van der Waals surface area contributed by atoms with Gasteiger partial charge in [0.15, 0.2) is 0 Å². The van der Waals surface area contributed by atoms with E-state index < -0.39 is 0 Å². The maximum Gasteiger partial charge on any atom is 0.226 e. The maximum atomic E-state index is 12.2. The van der Waals surface area contributed by atoms with Crippen LogP contribution in [-0.2, 0) is 11.2 Å². The molecule has 1 aliphatic rings. The fourth-order valence-electron chi connectivity index (χ4n) is 2.70. The summed E-state index contributed by atoms with van der Waals surface area (Å²) in [5, 5.41) is 3.25. The summed E-state index contributed by atoms with van der Waals surface area (Å²) in [5.74, 6) is 0.471. The van der Waals surface area contributed by atoms with Crippen LogP contribution >= 0.6 is 0 Å². The molecule has 104 valence electrons. The SMILES string of the molecule is Cc1ccc(CCN(C)C(=O)C2CCNC2)c(C)c1. The van der Waals surface area contributed by atoms with Gasteiger partial charge in [-0.2, -0.15) is 0 Å². The predicted molar refractivity (Wildman–Crippen MR) is 78.2 cm³/mol. The first-order valence-electron chi connectivity index (χ1n) is 7.10. The van der Waals surface area contributed by atoms with Crippen molar-refractivity contribution in [1.82, 2.24) is 10.2 Å². The Morgan fingerprint density at radius 2 is 2.21 bits per heavy atom. The number of carbonyl (C=O) groups excluding carboxylic acids is 1. The van der Waals surface area contributed by atoms with E-state index in [1.165, 1.54) is 16.7 Å². The van der Waals surface area contributed by atoms with Crippen molar-refractivity contribution in [3.8, 4) is 0 Å². The normalized spacial score (nSPS) is 18.6. The monoisotopic (exact) mass is 260 g/mol. The van der Waals surface area contributed by atoms with Gasteiger partial charge in [0.05, 0.1) is 5.92 Å². The van der Waals surface area contributed by atoms with E-state index in [-0.39, 0.29) is 11.8 Å². The molecule has 0 radical (unpaired) electrons. The van der Waals surface area contributed by atoms with Gasteiger partial charge >= 0.3 is 0 Å². The van der Waals surface area contributed by atoms with Crippen molar-refractivity contribution in [2.24, 2.45) is 5.92 Å². The Morgan fingerprint density at radius 1 is 1.42 bits per heavy atom. The summed E-state index contributed by atoms with van der Waals surface area (Å²) in [6.45, 7) is 6.87. The summed E-state index contributed by atoms with van der Waals surface area (Å²) >= 11 is 0. The standard InChI is InChI=1S/C16H24N2O/c1-12-4-5-14(13(2)10-12)7-9-18(3)16(19)15-6-8-17-11-15/h4-5,10,15,17H,6-9,11H2,1-3H3. The van der Waals surface area contributed by atoms with Crippen molar-refractivity contribution >= 4 is 5.91 Å². The minimum atomic E-state index is 0.184. The fraction of sp³-hybridized carbons (Fsp3) is 0.562. The Bertz CT molecular complexity index is 450. The first-order chi connectivity index (χ1) is 9.08. The Labute approximate surface area is 116 Å². The summed E-state index contributed by atoms with van der Waals surface area (Å²) in [6.07, 6.45) is 1.92. The zero-order valence-corrected chi connectivity index (χ0v) is 12.2. The third kappa shape index (κ3) is 3.57. The Balaban J connectivity index is 1.88. The number of aryl methyl sites for hydroxylation is 2. The van der Waals surface area contributed by atoms with Crippen molar-refractivity contribution in [3.63, 3.8) is 0 Å². The number of benzene rings is 1. The van der Waals surface area contributed by atoms with Crippen molar-refractivity contribution < 1.29 is 4.79 Å². The van der Waals surface area contributed by atoms with Crippen LogP contribution in [0.1, 0.15) is 23.1 Å². The number of likely N-dealkylation sites (N-methyl/N-ethyl adjacent to an activating group) is 1. The van der Waals surface area contributed by atoms with Crippen LogP contribution in [-0.4, -0.2) is 37.5 Å². The summed E-state index contributed by atoms with van der Waals surface area (Å²) in [7, 11) is 1.92. The molecule has 1 aromatic carbocycles. The zero-order valence-electron chi connectivity index (χ0n) is 12.2. The topological polar surface area (TPSA) is 32.3 Å². The molecule has 1 atom stereocenters. The fourth-order valence-corrected chi connectivity index (χ4v) is 2.70. The van der Waals surface area contributed by atoms with E-state index in [9.17, 15) is 4.79 Å². The molecule has 1 N–H and O–H groups in total. The lowest BCUT2D eigenvalue weighted by Crippen LogP contribution is -2.35. The number of nitrogens with zero attached hydrogens (tertiary/aromatic N) is 1. The van der Waals surface area contributed by atoms with Gasteiger partial charge in [-0.05, 0) is 44.4 Å². The molecule has 1 aromatic rings. The lowest BCUT2D eigenvalue weighted by atomic mass is 10.0. The van der Waals surface area contributed by atoms with Crippen molar-refractivity contribution in [2.45, 2.75) is 26.7 Å². The second-order valence-corrected chi connectivity index (χ2v) is 5.63. The largest absolute Gasteiger partial charge is 0.345 e. The van der Waals surface area contributed by atoms with Crippen molar-refractivity contribution in [2.75, 3.05) is 26.7 Å². The van der Waals surface area contributed by atoms with Gasteiger partial charge in [-0.25, -0.2) is 0 Å². The van der Waals surface area contributed by atoms with Gasteiger partial charge in [0.25, 0.3) is 0 Å². The first-order valence-corrected chi connectivity index (χ1v) is 7.10. The van der Waals surface area contributed by atoms with Crippen LogP contribution in [0.25, 0.3) is 0 Å². The summed E-state index contributed by atoms with van der Waals surface area (Å²) in [5.41, 5.74) is 3.96. The summed E-state index contributed by atoms with van der Waals surface area (Å²) in [6, 6.07) is 6.53. The number of hydrogen-bond acceptors (Lipinski definition) is 2. The van der Waals surface area contributed by atoms with Gasteiger partial charge in [0.1, 0.15) is 0 Å². The first kappa shape index (κ1) is 14.1. The number of nitrogens with one attached hydrogen (secondary N) is 1. The molecule has 1 amide bonds. The summed E-state index contributed by atoms with van der Waals surface area (Å²) < 4.78 is 0. The van der Waals surface area contributed by atoms with E-state index in [2.05, 4.69) is 37.4 Å². The zero-order chi connectivity index (χ0) is 13.8. The number of hydrogen-bond donors (Lipinski definition) is 1. The highest BCUT2D eigenvalue weighted by Crippen LogP contribution is 2.14. The Morgan fingerprint density at radius 3 is 2.84 bits per heavy atom. The van der Waals surface area contributed by atoms with E-state index >= 15 is 0 Å². The highest BCUT2D eigenvalue weighted by molar-refractivity contribution is 5.79. The molecule has 1 unspecified atom stereocenters. The molecule has 1 heterocycles. The lowest BCUT2D eigenvalue weighted by molar-refractivity contribution is -0.133. The molecule has 0 saturated carbocycles. The highest BCUT2D eigenvalue weighted by Gasteiger charge is 2.24. The molecule has 1 aliphatic heterocycles. The van der Waals surface area contributed by atoms with Crippen LogP contribution in [0, 0.1) is 19.8 Å². The third-order valence-electron chi connectivity index (χ3n) is 4.00. The second-order valence-electron chi connectivity index (χ2n) is 5.63. The van der Waals surface area contributed by atoms with Crippen LogP contribution in [0.5, 0.6) is 0 Å². The quantitative estimate of drug-likeness (QED) is 0.897. The van der Waals surface area contributed by atoms with Gasteiger partial charge in [-0.3, -0.25) is 4.79 Å². The maximum absolute atomic E-state index is 12.2. The van der Waals surface area contributed by atoms with Crippen LogP contribution < -0.4 is 5.32 Å². The third-order valence-corrected chi connectivity index (χ3v) is 4.00. The van der Waals surface area contributed by atoms with Gasteiger partial charge in [0.2, 0.25) is 5.91 Å². The molecule has 0 bridgehead atoms. The minimum absolute atomic E-state index is 0.184. The van der Waals surface area contributed by atoms with E-state index in [0.29, 0.717) is 0 Å². The number of amides is 1. The van der Waals surface area contributed by atoms with Crippen LogP contribution in [0.2, 0.25) is 0 Å². The lowest BCUT2D eigenvalue weighted by Gasteiger charge is -2.21. The second kappa shape index (κ2) is 6.20. The smallest absolute Gasteiger partial charge is 0.226 e. The average molecular weight is 260 g/mol. The van der Waals surface area contributed by atoms with Gasteiger partial charge < -0.3 is 10.2 Å². The van der Waals surface area contributed by atoms with Crippen LogP contribution in [0.15, 0.2) is 18.2 Å². The van der Waals surface area contributed by atoms with Crippen LogP contribution in [0.3, 0.4) is 0 Å². The number of rotatable bonds is 4. The minimum Gasteiger partial charge on any atom is -0.345 e. The van der Waals surface area contributed by atoms with E-state index in [4.69, 9.17) is 0 Å². The molecule has 3 heteroatoms. The van der Waals surface area contributed by atoms with E-state index in [0.717, 1.165) is 32.5 Å².